The summed E-state index contributed by atoms with van der Waals surface area (Å²) in [6, 6.07) is 0. The Morgan fingerprint density at radius 1 is 1.10 bits per heavy atom. The first-order chi connectivity index (χ1) is 9.89. The van der Waals surface area contributed by atoms with Crippen LogP contribution in [0.25, 0.3) is 0 Å². The highest BCUT2D eigenvalue weighted by Crippen LogP contribution is 2.41. The summed E-state index contributed by atoms with van der Waals surface area (Å²) in [7, 11) is -0.182. The van der Waals surface area contributed by atoms with Crippen LogP contribution in [0.5, 0.6) is 0 Å². The molecule has 116 valence electrons. The molecule has 0 aliphatic carbocycles. The Morgan fingerprint density at radius 2 is 1.71 bits per heavy atom. The lowest BCUT2D eigenvalue weighted by atomic mass is 9.70. The molecule has 0 saturated carbocycles. The summed E-state index contributed by atoms with van der Waals surface area (Å²) < 4.78 is 12.3. The third-order valence-electron chi connectivity index (χ3n) is 5.27. The van der Waals surface area contributed by atoms with Crippen LogP contribution in [0.3, 0.4) is 0 Å². The zero-order chi connectivity index (χ0) is 15.1. The molecule has 3 aliphatic heterocycles. The van der Waals surface area contributed by atoms with Crippen molar-refractivity contribution in [1.29, 1.82) is 0 Å². The molecule has 0 amide bonds. The van der Waals surface area contributed by atoms with Crippen molar-refractivity contribution in [2.75, 3.05) is 13.1 Å². The van der Waals surface area contributed by atoms with E-state index >= 15 is 0 Å². The van der Waals surface area contributed by atoms with Gasteiger partial charge in [0.25, 0.3) is 0 Å². The van der Waals surface area contributed by atoms with Crippen LogP contribution >= 0.6 is 0 Å². The predicted molar refractivity (Wildman–Crippen MR) is 86.4 cm³/mol. The fourth-order valence-electron chi connectivity index (χ4n) is 3.11. The van der Waals surface area contributed by atoms with Gasteiger partial charge in [-0.2, -0.15) is 0 Å². The van der Waals surface area contributed by atoms with Gasteiger partial charge in [-0.25, -0.2) is 4.99 Å². The molecule has 0 aromatic carbocycles. The van der Waals surface area contributed by atoms with E-state index in [-0.39, 0.29) is 24.1 Å². The number of aliphatic imine (C=N–C) groups is 1. The molecule has 0 aromatic heterocycles. The van der Waals surface area contributed by atoms with Crippen molar-refractivity contribution < 1.29 is 9.31 Å². The molecule has 2 fully saturated rings. The summed E-state index contributed by atoms with van der Waals surface area (Å²) in [5, 5.41) is 0. The highest BCUT2D eigenvalue weighted by atomic mass is 16.7. The Kier molecular flexibility index (Phi) is 3.91. The van der Waals surface area contributed by atoms with E-state index in [4.69, 9.17) is 9.31 Å². The molecule has 0 radical (unpaired) electrons. The highest BCUT2D eigenvalue weighted by molar-refractivity contribution is 6.51. The molecule has 3 rings (SSSR count). The maximum Gasteiger partial charge on any atom is 0.467 e. The topological polar surface area (TPSA) is 34.1 Å². The van der Waals surface area contributed by atoms with Gasteiger partial charge in [-0.3, -0.25) is 0 Å². The zero-order valence-corrected chi connectivity index (χ0v) is 13.8. The Morgan fingerprint density at radius 3 is 2.24 bits per heavy atom. The van der Waals surface area contributed by atoms with E-state index in [1.165, 1.54) is 19.3 Å². The average Bonchev–Trinajstić information content (AvgIpc) is 2.69. The lowest BCUT2D eigenvalue weighted by Crippen LogP contribution is -2.41. The number of piperidine rings is 1. The first kappa shape index (κ1) is 15.1. The van der Waals surface area contributed by atoms with Crippen molar-refractivity contribution in [3.63, 3.8) is 0 Å². The number of likely N-dealkylation sites (tertiary alicyclic amines) is 1. The van der Waals surface area contributed by atoms with Crippen molar-refractivity contribution in [1.82, 2.24) is 4.90 Å². The Labute approximate surface area is 128 Å². The van der Waals surface area contributed by atoms with Crippen LogP contribution in [0, 0.1) is 0 Å². The van der Waals surface area contributed by atoms with E-state index in [0.717, 1.165) is 25.3 Å². The minimum Gasteiger partial charge on any atom is -0.403 e. The molecular weight excluding hydrogens is 263 g/mol. The van der Waals surface area contributed by atoms with E-state index in [1.807, 2.05) is 6.21 Å². The van der Waals surface area contributed by atoms with Gasteiger partial charge in [0.1, 0.15) is 5.82 Å². The molecule has 2 saturated heterocycles. The molecule has 4 nitrogen and oxygen atoms in total. The number of rotatable bonds is 2. The zero-order valence-electron chi connectivity index (χ0n) is 13.8. The molecule has 1 unspecified atom stereocenters. The summed E-state index contributed by atoms with van der Waals surface area (Å²) in [4.78, 5) is 7.08. The van der Waals surface area contributed by atoms with Gasteiger partial charge in [0, 0.05) is 25.1 Å². The minimum atomic E-state index is -0.262. The van der Waals surface area contributed by atoms with E-state index in [9.17, 15) is 0 Å². The van der Waals surface area contributed by atoms with Crippen LogP contribution in [-0.2, 0) is 9.31 Å². The average molecular weight is 290 g/mol. The van der Waals surface area contributed by atoms with Crippen molar-refractivity contribution in [3.8, 4) is 0 Å². The highest BCUT2D eigenvalue weighted by Gasteiger charge is 2.53. The van der Waals surface area contributed by atoms with Crippen LogP contribution in [0.15, 0.2) is 16.9 Å². The lowest BCUT2D eigenvalue weighted by Gasteiger charge is -2.32. The second-order valence-corrected chi connectivity index (χ2v) is 7.41. The monoisotopic (exact) mass is 290 g/mol. The summed E-state index contributed by atoms with van der Waals surface area (Å²) in [5.41, 5.74) is -0.523. The quantitative estimate of drug-likeness (QED) is 0.732. The van der Waals surface area contributed by atoms with Crippen LogP contribution in [0.1, 0.15) is 53.4 Å². The SMILES string of the molecule is CC1(C)OB(C2C=NC(N3CCCCC3)=CC2)OC1(C)C. The van der Waals surface area contributed by atoms with Gasteiger partial charge in [-0.1, -0.05) is 0 Å². The van der Waals surface area contributed by atoms with Gasteiger partial charge in [-0.05, 0) is 59.5 Å². The van der Waals surface area contributed by atoms with E-state index in [2.05, 4.69) is 43.7 Å². The fraction of sp³-hybridized carbons (Fsp3) is 0.812. The van der Waals surface area contributed by atoms with Gasteiger partial charge in [-0.15, -0.1) is 0 Å². The van der Waals surface area contributed by atoms with Crippen molar-refractivity contribution >= 4 is 13.3 Å². The normalized spacial score (nSPS) is 31.4. The van der Waals surface area contributed by atoms with Gasteiger partial charge in [0.2, 0.25) is 0 Å². The summed E-state index contributed by atoms with van der Waals surface area (Å²) in [6.07, 6.45) is 9.16. The number of hydrogen-bond donors (Lipinski definition) is 0. The molecule has 0 aromatic rings. The van der Waals surface area contributed by atoms with Crippen LogP contribution in [0.4, 0.5) is 0 Å². The van der Waals surface area contributed by atoms with Gasteiger partial charge in [0.05, 0.1) is 11.2 Å². The molecule has 3 aliphatic rings. The Bertz CT molecular complexity index is 437. The standard InChI is InChI=1S/C16H27BN2O2/c1-15(2)16(3,4)21-17(20-15)13-8-9-14(18-12-13)19-10-6-5-7-11-19/h9,12-13H,5-8,10-11H2,1-4H3. The van der Waals surface area contributed by atoms with Crippen LogP contribution in [-0.4, -0.2) is 42.5 Å². The Balaban J connectivity index is 1.62. The predicted octanol–water partition coefficient (Wildman–Crippen LogP) is 3.25. The maximum atomic E-state index is 6.13. The molecule has 5 heteroatoms. The van der Waals surface area contributed by atoms with Crippen molar-refractivity contribution in [3.05, 3.63) is 11.9 Å². The smallest absolute Gasteiger partial charge is 0.403 e. The number of allylic oxidation sites excluding steroid dienone is 1. The molecule has 21 heavy (non-hydrogen) atoms. The fourth-order valence-corrected chi connectivity index (χ4v) is 3.11. The van der Waals surface area contributed by atoms with E-state index in [1.54, 1.807) is 0 Å². The molecule has 0 spiro atoms. The molecule has 0 bridgehead atoms. The van der Waals surface area contributed by atoms with Gasteiger partial charge < -0.3 is 14.2 Å². The molecule has 0 N–H and O–H groups in total. The summed E-state index contributed by atoms with van der Waals surface area (Å²) >= 11 is 0. The van der Waals surface area contributed by atoms with Crippen molar-refractivity contribution in [2.45, 2.75) is 70.4 Å². The largest absolute Gasteiger partial charge is 0.467 e. The molecule has 1 atom stereocenters. The maximum absolute atomic E-state index is 6.13. The van der Waals surface area contributed by atoms with Gasteiger partial charge >= 0.3 is 7.12 Å². The summed E-state index contributed by atoms with van der Waals surface area (Å²) in [5.74, 6) is 1.36. The third-order valence-corrected chi connectivity index (χ3v) is 5.27. The van der Waals surface area contributed by atoms with Gasteiger partial charge in [0.15, 0.2) is 0 Å². The van der Waals surface area contributed by atoms with Crippen molar-refractivity contribution in [2.24, 2.45) is 4.99 Å². The minimum absolute atomic E-state index is 0.182. The number of hydrogen-bond acceptors (Lipinski definition) is 4. The second kappa shape index (κ2) is 5.43. The first-order valence-electron chi connectivity index (χ1n) is 8.24. The second-order valence-electron chi connectivity index (χ2n) is 7.41. The first-order valence-corrected chi connectivity index (χ1v) is 8.24. The molecule has 3 heterocycles. The van der Waals surface area contributed by atoms with E-state index in [0.29, 0.717) is 0 Å². The van der Waals surface area contributed by atoms with Crippen LogP contribution in [0.2, 0.25) is 5.82 Å². The third kappa shape index (κ3) is 2.91. The number of nitrogens with zero attached hydrogens (tertiary/aromatic N) is 2. The Hall–Kier alpha value is -0.805. The van der Waals surface area contributed by atoms with E-state index < -0.39 is 0 Å². The van der Waals surface area contributed by atoms with Crippen LogP contribution < -0.4 is 0 Å². The lowest BCUT2D eigenvalue weighted by molar-refractivity contribution is 0.00578. The molecular formula is C16H27BN2O2. The summed E-state index contributed by atoms with van der Waals surface area (Å²) in [6.45, 7) is 10.7.